The van der Waals surface area contributed by atoms with Gasteiger partial charge in [0.25, 0.3) is 0 Å². The number of aliphatic hydroxyl groups excluding tert-OH is 1. The lowest BCUT2D eigenvalue weighted by molar-refractivity contribution is 0.0635. The molecular formula is C14H20FN3O4S. The Balaban J connectivity index is 2.10. The quantitative estimate of drug-likeness (QED) is 0.869. The van der Waals surface area contributed by atoms with E-state index in [4.69, 9.17) is 9.84 Å². The number of alkyl halides is 1. The summed E-state index contributed by atoms with van der Waals surface area (Å²) in [6, 6.07) is 1.41. The minimum absolute atomic E-state index is 0.0395. The number of amides is 1. The molecule has 0 aromatic carbocycles. The predicted molar refractivity (Wildman–Crippen MR) is 85.4 cm³/mol. The molecule has 1 aliphatic heterocycles. The van der Waals surface area contributed by atoms with Crippen LogP contribution < -0.4 is 11.0 Å². The maximum Gasteiger partial charge on any atom is 0.413 e. The van der Waals surface area contributed by atoms with E-state index in [1.165, 1.54) is 28.6 Å². The Morgan fingerprint density at radius 2 is 2.30 bits per heavy atom. The Kier molecular flexibility index (Phi) is 5.30. The molecule has 1 aromatic rings. The Hall–Kier alpha value is -1.61. The van der Waals surface area contributed by atoms with E-state index in [0.29, 0.717) is 0 Å². The third-order valence-electron chi connectivity index (χ3n) is 3.07. The summed E-state index contributed by atoms with van der Waals surface area (Å²) in [7, 11) is 0. The number of thioether (sulfide) groups is 1. The molecule has 3 atom stereocenters. The molecule has 1 saturated heterocycles. The summed E-state index contributed by atoms with van der Waals surface area (Å²) in [5, 5.41) is 10.5. The van der Waals surface area contributed by atoms with Crippen molar-refractivity contribution >= 4 is 23.7 Å². The van der Waals surface area contributed by atoms with Crippen LogP contribution in [0.25, 0.3) is 0 Å². The molecule has 23 heavy (non-hydrogen) atoms. The van der Waals surface area contributed by atoms with E-state index in [9.17, 15) is 14.0 Å². The molecule has 1 fully saturated rings. The van der Waals surface area contributed by atoms with Gasteiger partial charge in [0.15, 0.2) is 0 Å². The summed E-state index contributed by atoms with van der Waals surface area (Å²) in [6.45, 7) is 5.01. The van der Waals surface area contributed by atoms with Gasteiger partial charge < -0.3 is 9.84 Å². The van der Waals surface area contributed by atoms with Crippen molar-refractivity contribution in [2.75, 3.05) is 11.9 Å². The van der Waals surface area contributed by atoms with Gasteiger partial charge in [-0.25, -0.2) is 14.0 Å². The van der Waals surface area contributed by atoms with Crippen LogP contribution in [0.5, 0.6) is 0 Å². The standard InChI is InChI=1S/C14H20FN3O4S/c1-14(2,3)22-13(21)17-10-4-5-18(12(20)16-10)11-9(15)6-8(7-19)23-11/h4-5,8-9,11,19H,6-7H2,1-3H3,(H,16,17,20,21)/t8-,9-,11+/m0/s1. The van der Waals surface area contributed by atoms with Crippen molar-refractivity contribution in [1.82, 2.24) is 9.55 Å². The lowest BCUT2D eigenvalue weighted by Gasteiger charge is -2.19. The fourth-order valence-corrected chi connectivity index (χ4v) is 3.50. The second kappa shape index (κ2) is 6.88. The molecule has 1 amide bonds. The summed E-state index contributed by atoms with van der Waals surface area (Å²) in [6.07, 6.45) is -0.384. The van der Waals surface area contributed by atoms with Gasteiger partial charge in [-0.2, -0.15) is 4.98 Å². The van der Waals surface area contributed by atoms with Gasteiger partial charge in [-0.3, -0.25) is 9.88 Å². The smallest absolute Gasteiger partial charge is 0.413 e. The van der Waals surface area contributed by atoms with Crippen LogP contribution >= 0.6 is 11.8 Å². The largest absolute Gasteiger partial charge is 0.444 e. The number of anilines is 1. The highest BCUT2D eigenvalue weighted by Crippen LogP contribution is 2.42. The van der Waals surface area contributed by atoms with E-state index < -0.39 is 28.9 Å². The Labute approximate surface area is 137 Å². The van der Waals surface area contributed by atoms with Crippen molar-refractivity contribution in [3.05, 3.63) is 22.7 Å². The molecule has 1 aliphatic rings. The number of rotatable bonds is 3. The maximum absolute atomic E-state index is 14.0. The van der Waals surface area contributed by atoms with Gasteiger partial charge in [-0.15, -0.1) is 11.8 Å². The topological polar surface area (TPSA) is 93.5 Å². The molecule has 9 heteroatoms. The summed E-state index contributed by atoms with van der Waals surface area (Å²) >= 11 is 1.20. The maximum atomic E-state index is 14.0. The molecule has 0 radical (unpaired) electrons. The molecule has 2 heterocycles. The van der Waals surface area contributed by atoms with Crippen LogP contribution in [0.2, 0.25) is 0 Å². The van der Waals surface area contributed by atoms with Crippen molar-refractivity contribution in [1.29, 1.82) is 0 Å². The molecule has 0 aliphatic carbocycles. The third-order valence-corrected chi connectivity index (χ3v) is 4.59. The van der Waals surface area contributed by atoms with Crippen LogP contribution in [-0.2, 0) is 4.74 Å². The van der Waals surface area contributed by atoms with Gasteiger partial charge in [0.2, 0.25) is 0 Å². The third kappa shape index (κ3) is 4.68. The zero-order valence-corrected chi connectivity index (χ0v) is 14.0. The van der Waals surface area contributed by atoms with Gasteiger partial charge in [0.1, 0.15) is 23.0 Å². The Bertz CT molecular complexity index is 631. The monoisotopic (exact) mass is 345 g/mol. The van der Waals surface area contributed by atoms with Crippen molar-refractivity contribution in [3.63, 3.8) is 0 Å². The van der Waals surface area contributed by atoms with Crippen molar-refractivity contribution in [2.45, 2.75) is 49.6 Å². The summed E-state index contributed by atoms with van der Waals surface area (Å²) in [4.78, 5) is 27.4. The number of halogens is 1. The highest BCUT2D eigenvalue weighted by atomic mass is 32.2. The highest BCUT2D eigenvalue weighted by Gasteiger charge is 2.36. The normalized spacial score (nSPS) is 24.5. The molecular weight excluding hydrogens is 325 g/mol. The summed E-state index contributed by atoms with van der Waals surface area (Å²) in [5.74, 6) is 0.0395. The lowest BCUT2D eigenvalue weighted by Crippen LogP contribution is -2.31. The summed E-state index contributed by atoms with van der Waals surface area (Å²) < 4.78 is 20.2. The van der Waals surface area contributed by atoms with Crippen LogP contribution in [0.4, 0.5) is 15.0 Å². The number of carbonyl (C=O) groups excluding carboxylic acids is 1. The molecule has 128 valence electrons. The molecule has 0 bridgehead atoms. The van der Waals surface area contributed by atoms with Gasteiger partial charge in [0, 0.05) is 11.4 Å². The number of aromatic nitrogens is 2. The molecule has 0 unspecified atom stereocenters. The first-order valence-corrected chi connectivity index (χ1v) is 8.13. The second-order valence-electron chi connectivity index (χ2n) is 6.21. The molecule has 2 rings (SSSR count). The van der Waals surface area contributed by atoms with Crippen molar-refractivity contribution in [3.8, 4) is 0 Å². The second-order valence-corrected chi connectivity index (χ2v) is 7.63. The van der Waals surface area contributed by atoms with Gasteiger partial charge in [-0.05, 0) is 33.3 Å². The summed E-state index contributed by atoms with van der Waals surface area (Å²) in [5.41, 5.74) is -1.34. The van der Waals surface area contributed by atoms with Crippen molar-refractivity contribution in [2.24, 2.45) is 0 Å². The van der Waals surface area contributed by atoms with Crippen LogP contribution in [0.3, 0.4) is 0 Å². The van der Waals surface area contributed by atoms with E-state index in [0.717, 1.165) is 0 Å². The number of ether oxygens (including phenoxy) is 1. The van der Waals surface area contributed by atoms with Crippen LogP contribution in [0.15, 0.2) is 17.1 Å². The van der Waals surface area contributed by atoms with Gasteiger partial charge in [-0.1, -0.05) is 0 Å². The van der Waals surface area contributed by atoms with Crippen LogP contribution in [-0.4, -0.2) is 44.4 Å². The first-order valence-electron chi connectivity index (χ1n) is 7.19. The predicted octanol–water partition coefficient (Wildman–Crippen LogP) is 1.92. The van der Waals surface area contributed by atoms with Gasteiger partial charge >= 0.3 is 11.8 Å². The van der Waals surface area contributed by atoms with Crippen LogP contribution in [0, 0.1) is 0 Å². The minimum Gasteiger partial charge on any atom is -0.444 e. The average molecular weight is 345 g/mol. The molecule has 0 spiro atoms. The SMILES string of the molecule is CC(C)(C)OC(=O)Nc1ccn([C@@H]2S[C@H](CO)C[C@@H]2F)c(=O)n1. The molecule has 2 N–H and O–H groups in total. The zero-order chi connectivity index (χ0) is 17.2. The van der Waals surface area contributed by atoms with E-state index >= 15 is 0 Å². The number of nitrogens with one attached hydrogen (secondary N) is 1. The first-order chi connectivity index (χ1) is 10.7. The van der Waals surface area contributed by atoms with E-state index in [2.05, 4.69) is 10.3 Å². The van der Waals surface area contributed by atoms with Crippen LogP contribution in [0.1, 0.15) is 32.6 Å². The Morgan fingerprint density at radius 1 is 1.61 bits per heavy atom. The van der Waals surface area contributed by atoms with Crippen molar-refractivity contribution < 1.29 is 19.0 Å². The molecule has 0 saturated carbocycles. The van der Waals surface area contributed by atoms with E-state index in [-0.39, 0.29) is 24.1 Å². The van der Waals surface area contributed by atoms with E-state index in [1.54, 1.807) is 20.8 Å². The number of hydrogen-bond acceptors (Lipinski definition) is 6. The molecule has 1 aromatic heterocycles. The fraction of sp³-hybridized carbons (Fsp3) is 0.643. The number of carbonyl (C=O) groups is 1. The van der Waals surface area contributed by atoms with E-state index in [1.807, 2.05) is 0 Å². The lowest BCUT2D eigenvalue weighted by atomic mass is 10.2. The minimum atomic E-state index is -1.23. The number of nitrogens with zero attached hydrogens (tertiary/aromatic N) is 2. The number of aliphatic hydroxyl groups is 1. The fourth-order valence-electron chi connectivity index (χ4n) is 2.15. The molecule has 7 nitrogen and oxygen atoms in total. The van der Waals surface area contributed by atoms with Gasteiger partial charge in [0.05, 0.1) is 6.61 Å². The number of hydrogen-bond donors (Lipinski definition) is 2. The highest BCUT2D eigenvalue weighted by molar-refractivity contribution is 8.00. The zero-order valence-electron chi connectivity index (χ0n) is 13.2. The average Bonchev–Trinajstić information content (AvgIpc) is 2.78. The Morgan fingerprint density at radius 3 is 2.83 bits per heavy atom. The first kappa shape index (κ1) is 17.7.